The highest BCUT2D eigenvalue weighted by Gasteiger charge is 2.29. The minimum atomic E-state index is -0.202. The summed E-state index contributed by atoms with van der Waals surface area (Å²) in [5, 5.41) is 16.1. The second-order valence-electron chi connectivity index (χ2n) is 7.12. The van der Waals surface area contributed by atoms with Crippen molar-refractivity contribution in [2.24, 2.45) is 5.10 Å². The molecule has 1 amide bonds. The molecule has 3 aromatic carbocycles. The van der Waals surface area contributed by atoms with Crippen LogP contribution < -0.4 is 5.01 Å². The van der Waals surface area contributed by atoms with E-state index in [0.29, 0.717) is 22.7 Å². The standard InChI is InChI=1S/C25H18N4O2/c30-23-14-8-7-13-19(23)22-15-20(17-9-3-1-4-10-17)26-25(27-22)29-24(31)16-21(28-29)18-11-5-2-6-12-18/h1-15,30H,16H2. The van der Waals surface area contributed by atoms with E-state index in [1.54, 1.807) is 24.3 Å². The maximum Gasteiger partial charge on any atom is 0.256 e. The van der Waals surface area contributed by atoms with Crippen LogP contribution in [0.5, 0.6) is 5.75 Å². The molecule has 0 saturated heterocycles. The smallest absolute Gasteiger partial charge is 0.256 e. The first-order valence-corrected chi connectivity index (χ1v) is 9.88. The van der Waals surface area contributed by atoms with E-state index in [9.17, 15) is 9.90 Å². The number of carbonyl (C=O) groups is 1. The normalized spacial score (nSPS) is 13.4. The minimum Gasteiger partial charge on any atom is -0.507 e. The van der Waals surface area contributed by atoms with Gasteiger partial charge in [-0.1, -0.05) is 72.8 Å². The summed E-state index contributed by atoms with van der Waals surface area (Å²) in [6.45, 7) is 0. The van der Waals surface area contributed by atoms with Crippen molar-refractivity contribution in [2.75, 3.05) is 5.01 Å². The largest absolute Gasteiger partial charge is 0.507 e. The fourth-order valence-electron chi connectivity index (χ4n) is 3.49. The zero-order valence-electron chi connectivity index (χ0n) is 16.5. The average molecular weight is 406 g/mol. The number of carbonyl (C=O) groups excluding carboxylic acids is 1. The maximum atomic E-state index is 12.8. The molecule has 150 valence electrons. The predicted molar refractivity (Wildman–Crippen MR) is 120 cm³/mol. The number of hydrogen-bond donors (Lipinski definition) is 1. The summed E-state index contributed by atoms with van der Waals surface area (Å²) in [5.41, 5.74) is 4.14. The van der Waals surface area contributed by atoms with Gasteiger partial charge in [0, 0.05) is 11.1 Å². The van der Waals surface area contributed by atoms with Crippen LogP contribution in [0, 0.1) is 0 Å². The third-order valence-electron chi connectivity index (χ3n) is 5.04. The lowest BCUT2D eigenvalue weighted by Gasteiger charge is -2.14. The molecule has 1 aliphatic heterocycles. The zero-order chi connectivity index (χ0) is 21.2. The molecule has 0 aliphatic carbocycles. The molecule has 1 N–H and O–H groups in total. The molecule has 0 bridgehead atoms. The van der Waals surface area contributed by atoms with Gasteiger partial charge < -0.3 is 5.11 Å². The molecule has 0 spiro atoms. The van der Waals surface area contributed by atoms with Crippen molar-refractivity contribution in [3.05, 3.63) is 96.6 Å². The fourth-order valence-corrected chi connectivity index (χ4v) is 3.49. The molecule has 1 aromatic heterocycles. The SMILES string of the molecule is O=C1CC(c2ccccc2)=NN1c1nc(-c2ccccc2)cc(-c2ccccc2O)n1. The Morgan fingerprint density at radius 1 is 0.742 bits per heavy atom. The first-order valence-electron chi connectivity index (χ1n) is 9.88. The summed E-state index contributed by atoms with van der Waals surface area (Å²) < 4.78 is 0. The van der Waals surface area contributed by atoms with E-state index in [1.165, 1.54) is 5.01 Å². The molecular weight excluding hydrogens is 388 g/mol. The Hall–Kier alpha value is -4.32. The van der Waals surface area contributed by atoms with Crippen molar-refractivity contribution in [3.63, 3.8) is 0 Å². The van der Waals surface area contributed by atoms with Crippen LogP contribution in [-0.4, -0.2) is 26.7 Å². The van der Waals surface area contributed by atoms with Gasteiger partial charge in [-0.2, -0.15) is 10.1 Å². The first kappa shape index (κ1) is 18.7. The van der Waals surface area contributed by atoms with Crippen LogP contribution in [0.2, 0.25) is 0 Å². The number of para-hydroxylation sites is 1. The van der Waals surface area contributed by atoms with E-state index >= 15 is 0 Å². The average Bonchev–Trinajstić information content (AvgIpc) is 3.22. The number of benzene rings is 3. The molecule has 0 fully saturated rings. The van der Waals surface area contributed by atoms with Crippen LogP contribution in [0.15, 0.2) is 96.1 Å². The third kappa shape index (κ3) is 3.67. The quantitative estimate of drug-likeness (QED) is 0.535. The summed E-state index contributed by atoms with van der Waals surface area (Å²) in [7, 11) is 0. The van der Waals surface area contributed by atoms with E-state index < -0.39 is 0 Å². The predicted octanol–water partition coefficient (Wildman–Crippen LogP) is 4.66. The molecule has 0 saturated carbocycles. The number of aromatic hydroxyl groups is 1. The first-order chi connectivity index (χ1) is 15.2. The Morgan fingerprint density at radius 3 is 2.06 bits per heavy atom. The van der Waals surface area contributed by atoms with E-state index in [4.69, 9.17) is 0 Å². The Kier molecular flexibility index (Phi) is 4.72. The molecule has 31 heavy (non-hydrogen) atoms. The van der Waals surface area contributed by atoms with Gasteiger partial charge in [0.15, 0.2) is 0 Å². The van der Waals surface area contributed by atoms with Crippen LogP contribution in [0.4, 0.5) is 5.95 Å². The van der Waals surface area contributed by atoms with Crippen LogP contribution in [0.25, 0.3) is 22.5 Å². The van der Waals surface area contributed by atoms with Gasteiger partial charge in [0.2, 0.25) is 0 Å². The highest BCUT2D eigenvalue weighted by atomic mass is 16.3. The van der Waals surface area contributed by atoms with Crippen molar-refractivity contribution in [3.8, 4) is 28.3 Å². The monoisotopic (exact) mass is 406 g/mol. The Bertz CT molecular complexity index is 1290. The number of aromatic nitrogens is 2. The number of phenols is 1. The van der Waals surface area contributed by atoms with Gasteiger partial charge in [-0.3, -0.25) is 4.79 Å². The molecule has 0 atom stereocenters. The zero-order valence-corrected chi connectivity index (χ0v) is 16.5. The number of hydrogen-bond acceptors (Lipinski definition) is 5. The minimum absolute atomic E-state index is 0.104. The second-order valence-corrected chi connectivity index (χ2v) is 7.12. The Labute approximate surface area is 179 Å². The van der Waals surface area contributed by atoms with Gasteiger partial charge in [0.25, 0.3) is 11.9 Å². The van der Waals surface area contributed by atoms with Gasteiger partial charge in [0.05, 0.1) is 23.5 Å². The van der Waals surface area contributed by atoms with E-state index in [1.807, 2.05) is 66.7 Å². The maximum absolute atomic E-state index is 12.8. The van der Waals surface area contributed by atoms with Crippen LogP contribution in [0.3, 0.4) is 0 Å². The van der Waals surface area contributed by atoms with Crippen molar-refractivity contribution < 1.29 is 9.90 Å². The van der Waals surface area contributed by atoms with Crippen molar-refractivity contribution >= 4 is 17.6 Å². The molecule has 1 aliphatic rings. The Balaban J connectivity index is 1.65. The molecule has 6 nitrogen and oxygen atoms in total. The number of amides is 1. The van der Waals surface area contributed by atoms with Crippen molar-refractivity contribution in [1.29, 1.82) is 0 Å². The van der Waals surface area contributed by atoms with Crippen molar-refractivity contribution in [2.45, 2.75) is 6.42 Å². The molecule has 0 radical (unpaired) electrons. The Morgan fingerprint density at radius 2 is 1.35 bits per heavy atom. The van der Waals surface area contributed by atoms with E-state index in [0.717, 1.165) is 11.1 Å². The van der Waals surface area contributed by atoms with Gasteiger partial charge in [-0.25, -0.2) is 9.97 Å². The van der Waals surface area contributed by atoms with E-state index in [2.05, 4.69) is 15.1 Å². The molecule has 4 aromatic rings. The highest BCUT2D eigenvalue weighted by molar-refractivity contribution is 6.18. The fraction of sp³-hybridized carbons (Fsp3) is 0.0400. The topological polar surface area (TPSA) is 78.7 Å². The van der Waals surface area contributed by atoms with Gasteiger partial charge >= 0.3 is 0 Å². The van der Waals surface area contributed by atoms with Gasteiger partial charge in [-0.05, 0) is 23.8 Å². The molecule has 5 rings (SSSR count). The lowest BCUT2D eigenvalue weighted by molar-refractivity contribution is -0.117. The summed E-state index contributed by atoms with van der Waals surface area (Å²) in [4.78, 5) is 22.0. The van der Waals surface area contributed by atoms with Gasteiger partial charge in [0.1, 0.15) is 5.75 Å². The van der Waals surface area contributed by atoms with E-state index in [-0.39, 0.29) is 24.0 Å². The van der Waals surface area contributed by atoms with Crippen LogP contribution >= 0.6 is 0 Å². The summed E-state index contributed by atoms with van der Waals surface area (Å²) in [6, 6.07) is 28.0. The number of anilines is 1. The lowest BCUT2D eigenvalue weighted by Crippen LogP contribution is -2.22. The number of phenolic OH excluding ortho intramolecular Hbond substituents is 1. The van der Waals surface area contributed by atoms with Gasteiger partial charge in [-0.15, -0.1) is 0 Å². The second kappa shape index (κ2) is 7.84. The highest BCUT2D eigenvalue weighted by Crippen LogP contribution is 2.32. The van der Waals surface area contributed by atoms with Crippen molar-refractivity contribution in [1.82, 2.24) is 9.97 Å². The third-order valence-corrected chi connectivity index (χ3v) is 5.04. The summed E-state index contributed by atoms with van der Waals surface area (Å²) in [5.74, 6) is 0.0789. The molecule has 6 heteroatoms. The molecular formula is C25H18N4O2. The summed E-state index contributed by atoms with van der Waals surface area (Å²) >= 11 is 0. The molecule has 0 unspecified atom stereocenters. The van der Waals surface area contributed by atoms with Crippen LogP contribution in [-0.2, 0) is 4.79 Å². The number of rotatable bonds is 4. The molecule has 2 heterocycles. The summed E-state index contributed by atoms with van der Waals surface area (Å²) in [6.07, 6.45) is 0.175. The number of nitrogens with zero attached hydrogens (tertiary/aromatic N) is 4. The lowest BCUT2D eigenvalue weighted by atomic mass is 10.1. The number of hydrazone groups is 1. The van der Waals surface area contributed by atoms with Crippen LogP contribution in [0.1, 0.15) is 12.0 Å².